The van der Waals surface area contributed by atoms with Crippen molar-refractivity contribution in [1.29, 1.82) is 5.26 Å². The van der Waals surface area contributed by atoms with Crippen LogP contribution in [0.25, 0.3) is 0 Å². The molecule has 0 spiro atoms. The highest BCUT2D eigenvalue weighted by molar-refractivity contribution is 9.10. The highest BCUT2D eigenvalue weighted by Gasteiger charge is 2.36. The molecule has 1 saturated heterocycles. The van der Waals surface area contributed by atoms with E-state index in [9.17, 15) is 0 Å². The molecule has 0 aromatic heterocycles. The van der Waals surface area contributed by atoms with Crippen LogP contribution < -0.4 is 10.2 Å². The first kappa shape index (κ1) is 13.1. The first-order valence-corrected chi connectivity index (χ1v) is 8.01. The normalized spacial score (nSPS) is 26.8. The molecule has 2 atom stereocenters. The Morgan fingerprint density at radius 3 is 3.10 bits per heavy atom. The summed E-state index contributed by atoms with van der Waals surface area (Å²) in [4.78, 5) is 6.82. The predicted octanol–water partition coefficient (Wildman–Crippen LogP) is 2.95. The molecule has 1 N–H and O–H groups in total. The largest absolute Gasteiger partial charge is 0.325 e. The number of benzene rings is 1. The summed E-state index contributed by atoms with van der Waals surface area (Å²) in [5.74, 6) is 0. The molecular formula is C16H15BrN4. The predicted molar refractivity (Wildman–Crippen MR) is 86.3 cm³/mol. The van der Waals surface area contributed by atoms with Gasteiger partial charge in [-0.15, -0.1) is 0 Å². The van der Waals surface area contributed by atoms with Gasteiger partial charge in [-0.3, -0.25) is 4.99 Å². The van der Waals surface area contributed by atoms with Crippen LogP contribution in [0.1, 0.15) is 24.8 Å². The second-order valence-electron chi connectivity index (χ2n) is 5.76. The number of aliphatic imine (C=N–C) groups is 1. The summed E-state index contributed by atoms with van der Waals surface area (Å²) in [5, 5.41) is 12.7. The lowest BCUT2D eigenvalue weighted by Crippen LogP contribution is -2.43. The van der Waals surface area contributed by atoms with Gasteiger partial charge in [0.2, 0.25) is 0 Å². The molecule has 1 fully saturated rings. The average molecular weight is 343 g/mol. The quantitative estimate of drug-likeness (QED) is 0.853. The number of halogens is 1. The molecule has 1 aromatic carbocycles. The van der Waals surface area contributed by atoms with Crippen LogP contribution in [-0.2, 0) is 0 Å². The van der Waals surface area contributed by atoms with Crippen LogP contribution in [0.15, 0.2) is 38.9 Å². The van der Waals surface area contributed by atoms with E-state index in [4.69, 9.17) is 5.26 Å². The molecule has 3 heterocycles. The molecule has 2 unspecified atom stereocenters. The maximum absolute atomic E-state index is 9.05. The number of hydrogen-bond acceptors (Lipinski definition) is 4. The van der Waals surface area contributed by atoms with E-state index in [0.29, 0.717) is 24.3 Å². The minimum Gasteiger partial charge on any atom is -0.325 e. The molecule has 4 nitrogen and oxygen atoms in total. The van der Waals surface area contributed by atoms with E-state index < -0.39 is 0 Å². The van der Waals surface area contributed by atoms with Crippen molar-refractivity contribution in [2.75, 3.05) is 11.6 Å². The van der Waals surface area contributed by atoms with E-state index in [1.807, 2.05) is 24.4 Å². The molecule has 0 saturated carbocycles. The van der Waals surface area contributed by atoms with Gasteiger partial charge in [-0.05, 0) is 47.0 Å². The number of nitrogens with one attached hydrogen (secondary N) is 1. The molecule has 3 aliphatic heterocycles. The van der Waals surface area contributed by atoms with Gasteiger partial charge in [-0.1, -0.05) is 0 Å². The van der Waals surface area contributed by atoms with Gasteiger partial charge in [-0.2, -0.15) is 5.26 Å². The Morgan fingerprint density at radius 2 is 2.29 bits per heavy atom. The summed E-state index contributed by atoms with van der Waals surface area (Å²) in [5.41, 5.74) is 4.51. The Hall–Kier alpha value is -1.64. The van der Waals surface area contributed by atoms with E-state index >= 15 is 0 Å². The second-order valence-corrected chi connectivity index (χ2v) is 6.61. The van der Waals surface area contributed by atoms with Crippen molar-refractivity contribution >= 4 is 27.8 Å². The number of rotatable bonds is 1. The number of nitrogens with zero attached hydrogens (tertiary/aromatic N) is 3. The highest BCUT2D eigenvalue weighted by Crippen LogP contribution is 2.37. The van der Waals surface area contributed by atoms with Gasteiger partial charge < -0.3 is 10.2 Å². The van der Waals surface area contributed by atoms with Crippen LogP contribution in [0.4, 0.5) is 5.69 Å². The summed E-state index contributed by atoms with van der Waals surface area (Å²) in [6.45, 7) is 0.663. The molecule has 4 rings (SSSR count). The van der Waals surface area contributed by atoms with Gasteiger partial charge in [0.25, 0.3) is 0 Å². The Balaban J connectivity index is 1.74. The highest BCUT2D eigenvalue weighted by atomic mass is 79.9. The number of nitriles is 1. The lowest BCUT2D eigenvalue weighted by atomic mass is 9.98. The van der Waals surface area contributed by atoms with E-state index in [1.165, 1.54) is 24.1 Å². The second kappa shape index (κ2) is 4.97. The molecule has 5 heteroatoms. The average Bonchev–Trinajstić information content (AvgIpc) is 2.89. The fraction of sp³-hybridized carbons (Fsp3) is 0.375. The Bertz CT molecular complexity index is 701. The fourth-order valence-corrected chi connectivity index (χ4v) is 3.97. The molecule has 106 valence electrons. The zero-order valence-corrected chi connectivity index (χ0v) is 13.1. The molecule has 3 aliphatic rings. The number of fused-ring (bicyclic) bond motifs is 3. The lowest BCUT2D eigenvalue weighted by molar-refractivity contribution is 0.527. The van der Waals surface area contributed by atoms with Crippen molar-refractivity contribution in [3.05, 3.63) is 39.5 Å². The fourth-order valence-electron chi connectivity index (χ4n) is 3.51. The maximum Gasteiger partial charge on any atom is 0.114 e. The van der Waals surface area contributed by atoms with Crippen LogP contribution >= 0.6 is 15.9 Å². The smallest absolute Gasteiger partial charge is 0.114 e. The molecule has 0 aliphatic carbocycles. The third-order valence-electron chi connectivity index (χ3n) is 4.55. The van der Waals surface area contributed by atoms with Crippen LogP contribution in [0.5, 0.6) is 0 Å². The molecule has 0 radical (unpaired) electrons. The van der Waals surface area contributed by atoms with Gasteiger partial charge in [0.15, 0.2) is 0 Å². The minimum atomic E-state index is 0.465. The Kier molecular flexibility index (Phi) is 3.09. The third kappa shape index (κ3) is 2.10. The van der Waals surface area contributed by atoms with Crippen molar-refractivity contribution in [3.8, 4) is 6.07 Å². The zero-order chi connectivity index (χ0) is 14.4. The molecular weight excluding hydrogens is 328 g/mol. The van der Waals surface area contributed by atoms with Crippen LogP contribution in [0.3, 0.4) is 0 Å². The van der Waals surface area contributed by atoms with Crippen LogP contribution in [-0.4, -0.2) is 25.0 Å². The number of anilines is 1. The Morgan fingerprint density at radius 1 is 1.38 bits per heavy atom. The molecule has 21 heavy (non-hydrogen) atoms. The molecule has 0 amide bonds. The van der Waals surface area contributed by atoms with Gasteiger partial charge in [-0.25, -0.2) is 0 Å². The van der Waals surface area contributed by atoms with E-state index in [-0.39, 0.29) is 0 Å². The monoisotopic (exact) mass is 342 g/mol. The van der Waals surface area contributed by atoms with Crippen molar-refractivity contribution < 1.29 is 0 Å². The first-order valence-electron chi connectivity index (χ1n) is 7.22. The van der Waals surface area contributed by atoms with Crippen molar-refractivity contribution in [2.45, 2.75) is 31.3 Å². The third-order valence-corrected chi connectivity index (χ3v) is 5.21. The Labute approximate surface area is 132 Å². The summed E-state index contributed by atoms with van der Waals surface area (Å²) in [6, 6.07) is 9.16. The van der Waals surface area contributed by atoms with Gasteiger partial charge in [0.05, 0.1) is 5.56 Å². The van der Waals surface area contributed by atoms with Crippen LogP contribution in [0, 0.1) is 11.3 Å². The van der Waals surface area contributed by atoms with Gasteiger partial charge in [0, 0.05) is 46.1 Å². The maximum atomic E-state index is 9.05. The lowest BCUT2D eigenvalue weighted by Gasteiger charge is -2.36. The number of hydrogen-bond donors (Lipinski definition) is 1. The topological polar surface area (TPSA) is 51.4 Å². The standard InChI is InChI=1S/C16H15BrN4/c17-14-6-12(3-1-10(14)7-18)21-9-19-8-13-15-4-2-11(20-15)5-16(13)21/h1,3,6,8,11,15,20H,2,4-5,9H2. The van der Waals surface area contributed by atoms with Crippen molar-refractivity contribution in [2.24, 2.45) is 4.99 Å². The molecule has 2 bridgehead atoms. The van der Waals surface area contributed by atoms with E-state index in [2.05, 4.69) is 37.2 Å². The SMILES string of the molecule is N#Cc1ccc(N2CN=CC3=C2CC2CCC3N2)cc1Br. The van der Waals surface area contributed by atoms with Crippen molar-refractivity contribution in [3.63, 3.8) is 0 Å². The summed E-state index contributed by atoms with van der Waals surface area (Å²) in [6.07, 6.45) is 5.57. The summed E-state index contributed by atoms with van der Waals surface area (Å²) in [7, 11) is 0. The van der Waals surface area contributed by atoms with Gasteiger partial charge in [0.1, 0.15) is 12.7 Å². The zero-order valence-electron chi connectivity index (χ0n) is 11.5. The van der Waals surface area contributed by atoms with Crippen molar-refractivity contribution in [1.82, 2.24) is 5.32 Å². The molecule has 1 aromatic rings. The minimum absolute atomic E-state index is 0.465. The van der Waals surface area contributed by atoms with Gasteiger partial charge >= 0.3 is 0 Å². The van der Waals surface area contributed by atoms with E-state index in [0.717, 1.165) is 16.6 Å². The van der Waals surface area contributed by atoms with Crippen LogP contribution in [0.2, 0.25) is 0 Å². The van der Waals surface area contributed by atoms with E-state index in [1.54, 1.807) is 0 Å². The summed E-state index contributed by atoms with van der Waals surface area (Å²) >= 11 is 3.48. The summed E-state index contributed by atoms with van der Waals surface area (Å²) < 4.78 is 0.844. The first-order chi connectivity index (χ1) is 10.3.